The number of hydrogen-bond acceptors (Lipinski definition) is 4. The van der Waals surface area contributed by atoms with E-state index in [2.05, 4.69) is 10.3 Å². The van der Waals surface area contributed by atoms with Crippen molar-refractivity contribution in [2.75, 3.05) is 0 Å². The number of thiazole rings is 1. The average Bonchev–Trinajstić information content (AvgIpc) is 3.16. The second-order valence-corrected chi connectivity index (χ2v) is 7.41. The number of benzene rings is 1. The number of aromatic nitrogens is 1. The van der Waals surface area contributed by atoms with Crippen LogP contribution in [0, 0.1) is 6.92 Å². The number of aryl methyl sites for hydroxylation is 1. The molecule has 0 saturated heterocycles. The molecular formula is C17H15ClN2OS2. The number of carbonyl (C=O) groups is 1. The van der Waals surface area contributed by atoms with Crippen LogP contribution < -0.4 is 5.32 Å². The number of nitrogens with one attached hydrogen (secondary N) is 1. The molecule has 0 aliphatic rings. The first-order chi connectivity index (χ1) is 11.0. The van der Waals surface area contributed by atoms with Crippen molar-refractivity contribution in [3.8, 4) is 10.6 Å². The summed E-state index contributed by atoms with van der Waals surface area (Å²) in [7, 11) is 0. The highest BCUT2D eigenvalue weighted by atomic mass is 35.5. The Labute approximate surface area is 148 Å². The van der Waals surface area contributed by atoms with Crippen LogP contribution in [0.1, 0.15) is 33.9 Å². The van der Waals surface area contributed by atoms with Crippen LogP contribution in [0.15, 0.2) is 41.1 Å². The second-order valence-electron chi connectivity index (χ2n) is 5.20. The summed E-state index contributed by atoms with van der Waals surface area (Å²) in [6.45, 7) is 3.81. The lowest BCUT2D eigenvalue weighted by Gasteiger charge is -2.14. The van der Waals surface area contributed by atoms with Crippen LogP contribution in [0.4, 0.5) is 0 Å². The molecule has 6 heteroatoms. The van der Waals surface area contributed by atoms with Gasteiger partial charge < -0.3 is 5.32 Å². The van der Waals surface area contributed by atoms with Gasteiger partial charge in [0.05, 0.1) is 11.7 Å². The molecule has 0 aliphatic heterocycles. The summed E-state index contributed by atoms with van der Waals surface area (Å²) >= 11 is 9.05. The van der Waals surface area contributed by atoms with E-state index in [0.717, 1.165) is 21.8 Å². The van der Waals surface area contributed by atoms with Crippen LogP contribution in [-0.4, -0.2) is 10.9 Å². The summed E-state index contributed by atoms with van der Waals surface area (Å²) in [6, 6.07) is 9.41. The van der Waals surface area contributed by atoms with E-state index in [0.29, 0.717) is 9.90 Å². The lowest BCUT2D eigenvalue weighted by Crippen LogP contribution is -2.26. The first-order valence-electron chi connectivity index (χ1n) is 7.11. The zero-order valence-electron chi connectivity index (χ0n) is 12.7. The number of carbonyl (C=O) groups excluding carboxylic acids is 1. The Morgan fingerprint density at radius 3 is 2.87 bits per heavy atom. The minimum atomic E-state index is -0.118. The summed E-state index contributed by atoms with van der Waals surface area (Å²) in [5, 5.41) is 8.60. The highest BCUT2D eigenvalue weighted by Crippen LogP contribution is 2.29. The number of thiophene rings is 1. The summed E-state index contributed by atoms with van der Waals surface area (Å²) in [5.74, 6) is -0.103. The highest BCUT2D eigenvalue weighted by molar-refractivity contribution is 7.17. The van der Waals surface area contributed by atoms with Gasteiger partial charge in [-0.15, -0.1) is 11.3 Å². The molecule has 1 N–H and O–H groups in total. The molecule has 0 fully saturated rings. The van der Waals surface area contributed by atoms with E-state index >= 15 is 0 Å². The van der Waals surface area contributed by atoms with Crippen molar-refractivity contribution in [1.29, 1.82) is 0 Å². The van der Waals surface area contributed by atoms with Gasteiger partial charge in [0.25, 0.3) is 5.91 Å². The van der Waals surface area contributed by atoms with E-state index in [4.69, 9.17) is 11.6 Å². The molecule has 0 unspecified atom stereocenters. The molecule has 3 rings (SSSR count). The fraction of sp³-hybridized carbons (Fsp3) is 0.176. The Hall–Kier alpha value is -1.69. The van der Waals surface area contributed by atoms with Crippen LogP contribution in [0.3, 0.4) is 0 Å². The number of rotatable bonds is 4. The van der Waals surface area contributed by atoms with Crippen LogP contribution >= 0.6 is 34.3 Å². The highest BCUT2D eigenvalue weighted by Gasteiger charge is 2.18. The zero-order valence-corrected chi connectivity index (χ0v) is 15.1. The molecule has 2 heterocycles. The van der Waals surface area contributed by atoms with Crippen molar-refractivity contribution in [2.24, 2.45) is 0 Å². The van der Waals surface area contributed by atoms with Crippen molar-refractivity contribution in [1.82, 2.24) is 10.3 Å². The molecule has 3 nitrogen and oxygen atoms in total. The molecule has 2 aromatic heterocycles. The Balaban J connectivity index is 1.78. The van der Waals surface area contributed by atoms with E-state index in [1.54, 1.807) is 11.3 Å². The van der Waals surface area contributed by atoms with E-state index < -0.39 is 0 Å². The maximum atomic E-state index is 12.5. The Morgan fingerprint density at radius 2 is 2.17 bits per heavy atom. The van der Waals surface area contributed by atoms with E-state index in [1.165, 1.54) is 11.3 Å². The minimum absolute atomic E-state index is 0.103. The van der Waals surface area contributed by atoms with Crippen molar-refractivity contribution in [3.63, 3.8) is 0 Å². The zero-order chi connectivity index (χ0) is 16.4. The quantitative estimate of drug-likeness (QED) is 0.682. The molecule has 0 aliphatic carbocycles. The predicted molar refractivity (Wildman–Crippen MR) is 97.5 cm³/mol. The van der Waals surface area contributed by atoms with E-state index in [1.807, 2.05) is 54.9 Å². The summed E-state index contributed by atoms with van der Waals surface area (Å²) < 4.78 is 0. The molecule has 1 amide bonds. The van der Waals surface area contributed by atoms with E-state index in [9.17, 15) is 4.79 Å². The Kier molecular flexibility index (Phi) is 4.80. The lowest BCUT2D eigenvalue weighted by molar-refractivity contribution is 0.0943. The van der Waals surface area contributed by atoms with Gasteiger partial charge in [0.15, 0.2) is 0 Å². The smallest absolute Gasteiger partial charge is 0.263 e. The standard InChI is InChI=1S/C17H15ClN2OS2/c1-10(12-4-3-5-14(18)8-12)19-16(21)15-11(2)20-17(23-15)13-6-7-22-9-13/h3-10H,1-2H3,(H,19,21)/t10-/m0/s1. The Morgan fingerprint density at radius 1 is 1.35 bits per heavy atom. The molecule has 0 bridgehead atoms. The first kappa shape index (κ1) is 16.2. The third-order valence-corrected chi connectivity index (χ3v) is 5.59. The monoisotopic (exact) mass is 362 g/mol. The summed E-state index contributed by atoms with van der Waals surface area (Å²) in [5.41, 5.74) is 2.79. The predicted octanol–water partition coefficient (Wildman–Crippen LogP) is 5.32. The minimum Gasteiger partial charge on any atom is -0.345 e. The van der Waals surface area contributed by atoms with Crippen molar-refractivity contribution in [2.45, 2.75) is 19.9 Å². The second kappa shape index (κ2) is 6.83. The fourth-order valence-corrected chi connectivity index (χ4v) is 4.12. The molecule has 23 heavy (non-hydrogen) atoms. The third kappa shape index (κ3) is 3.63. The molecular weight excluding hydrogens is 348 g/mol. The van der Waals surface area contributed by atoms with Gasteiger partial charge in [-0.1, -0.05) is 23.7 Å². The first-order valence-corrected chi connectivity index (χ1v) is 9.24. The third-order valence-electron chi connectivity index (χ3n) is 3.47. The van der Waals surface area contributed by atoms with Gasteiger partial charge >= 0.3 is 0 Å². The van der Waals surface area contributed by atoms with Crippen molar-refractivity contribution in [3.05, 3.63) is 62.2 Å². The number of halogens is 1. The van der Waals surface area contributed by atoms with E-state index in [-0.39, 0.29) is 11.9 Å². The normalized spacial score (nSPS) is 12.1. The number of hydrogen-bond donors (Lipinski definition) is 1. The number of amides is 1. The van der Waals surface area contributed by atoms with Gasteiger partial charge in [-0.05, 0) is 43.0 Å². The number of nitrogens with zero attached hydrogens (tertiary/aromatic N) is 1. The molecule has 3 aromatic rings. The summed E-state index contributed by atoms with van der Waals surface area (Å²) in [4.78, 5) is 17.7. The van der Waals surface area contributed by atoms with Crippen LogP contribution in [0.25, 0.3) is 10.6 Å². The van der Waals surface area contributed by atoms with Crippen LogP contribution in [0.5, 0.6) is 0 Å². The van der Waals surface area contributed by atoms with Gasteiger partial charge in [0.2, 0.25) is 0 Å². The van der Waals surface area contributed by atoms with Gasteiger partial charge in [0, 0.05) is 16.0 Å². The Bertz CT molecular complexity index is 827. The van der Waals surface area contributed by atoms with Crippen molar-refractivity contribution >= 4 is 40.2 Å². The largest absolute Gasteiger partial charge is 0.345 e. The molecule has 118 valence electrons. The SMILES string of the molecule is Cc1nc(-c2ccsc2)sc1C(=O)N[C@@H](C)c1cccc(Cl)c1. The van der Waals surface area contributed by atoms with Gasteiger partial charge in [-0.2, -0.15) is 11.3 Å². The van der Waals surface area contributed by atoms with Crippen LogP contribution in [-0.2, 0) is 0 Å². The molecule has 0 saturated carbocycles. The van der Waals surface area contributed by atoms with Gasteiger partial charge in [-0.25, -0.2) is 4.98 Å². The lowest BCUT2D eigenvalue weighted by atomic mass is 10.1. The molecule has 1 aromatic carbocycles. The van der Waals surface area contributed by atoms with Crippen molar-refractivity contribution < 1.29 is 4.79 Å². The topological polar surface area (TPSA) is 42.0 Å². The maximum absolute atomic E-state index is 12.5. The van der Waals surface area contributed by atoms with Crippen LogP contribution in [0.2, 0.25) is 5.02 Å². The molecule has 1 atom stereocenters. The van der Waals surface area contributed by atoms with Gasteiger partial charge in [-0.3, -0.25) is 4.79 Å². The van der Waals surface area contributed by atoms with Gasteiger partial charge in [0.1, 0.15) is 9.88 Å². The summed E-state index contributed by atoms with van der Waals surface area (Å²) in [6.07, 6.45) is 0. The molecule has 0 radical (unpaired) electrons. The fourth-order valence-electron chi connectivity index (χ4n) is 2.24. The molecule has 0 spiro atoms. The average molecular weight is 363 g/mol. The maximum Gasteiger partial charge on any atom is 0.263 e.